The van der Waals surface area contributed by atoms with Crippen molar-refractivity contribution >= 4 is 0 Å². The maximum atomic E-state index is 10.3. The highest BCUT2D eigenvalue weighted by molar-refractivity contribution is 5.28. The van der Waals surface area contributed by atoms with Crippen molar-refractivity contribution in [3.63, 3.8) is 0 Å². The highest BCUT2D eigenvalue weighted by Crippen LogP contribution is 2.21. The van der Waals surface area contributed by atoms with Gasteiger partial charge in [0.1, 0.15) is 0 Å². The molecule has 2 aromatic rings. The van der Waals surface area contributed by atoms with Gasteiger partial charge in [-0.25, -0.2) is 0 Å². The van der Waals surface area contributed by atoms with Crippen LogP contribution in [0.5, 0.6) is 0 Å². The first kappa shape index (κ1) is 13.8. The zero-order valence-electron chi connectivity index (χ0n) is 11.9. The highest BCUT2D eigenvalue weighted by atomic mass is 16.3. The van der Waals surface area contributed by atoms with E-state index in [1.54, 1.807) is 0 Å². The summed E-state index contributed by atoms with van der Waals surface area (Å²) >= 11 is 0. The summed E-state index contributed by atoms with van der Waals surface area (Å²) in [6, 6.07) is 16.6. The van der Waals surface area contributed by atoms with E-state index in [4.69, 9.17) is 0 Å². The fourth-order valence-corrected chi connectivity index (χ4v) is 2.28. The minimum absolute atomic E-state index is 0.428. The largest absolute Gasteiger partial charge is 0.388 e. The zero-order chi connectivity index (χ0) is 13.8. The number of benzene rings is 2. The fourth-order valence-electron chi connectivity index (χ4n) is 2.28. The van der Waals surface area contributed by atoms with Gasteiger partial charge in [0.15, 0.2) is 0 Å². The van der Waals surface area contributed by atoms with Gasteiger partial charge in [0, 0.05) is 6.42 Å². The average molecular weight is 254 g/mol. The second-order valence-corrected chi connectivity index (χ2v) is 5.53. The molecule has 0 fully saturated rings. The summed E-state index contributed by atoms with van der Waals surface area (Å²) in [6.45, 7) is 6.43. The van der Waals surface area contributed by atoms with Crippen molar-refractivity contribution in [1.82, 2.24) is 0 Å². The van der Waals surface area contributed by atoms with Crippen LogP contribution in [0.3, 0.4) is 0 Å². The third kappa shape index (κ3) is 3.68. The standard InChI is InChI=1S/C18H22O/c1-13(2)16-7-9-17(10-8-16)18(19)12-15-6-4-5-14(3)11-15/h4-11,13,18-19H,12H2,1-3H3. The third-order valence-corrected chi connectivity index (χ3v) is 3.50. The fraction of sp³-hybridized carbons (Fsp3) is 0.333. The summed E-state index contributed by atoms with van der Waals surface area (Å²) in [5, 5.41) is 10.3. The number of aryl methyl sites for hydroxylation is 1. The molecule has 100 valence electrons. The third-order valence-electron chi connectivity index (χ3n) is 3.50. The molecule has 0 aliphatic heterocycles. The Hall–Kier alpha value is -1.60. The second kappa shape index (κ2) is 6.03. The molecular formula is C18H22O. The first-order chi connectivity index (χ1) is 9.06. The monoisotopic (exact) mass is 254 g/mol. The summed E-state index contributed by atoms with van der Waals surface area (Å²) < 4.78 is 0. The first-order valence-electron chi connectivity index (χ1n) is 6.89. The number of hydrogen-bond donors (Lipinski definition) is 1. The smallest absolute Gasteiger partial charge is 0.0830 e. The van der Waals surface area contributed by atoms with E-state index in [1.165, 1.54) is 16.7 Å². The molecule has 1 heteroatoms. The summed E-state index contributed by atoms with van der Waals surface area (Å²) in [5.74, 6) is 0.531. The van der Waals surface area contributed by atoms with Crippen molar-refractivity contribution < 1.29 is 5.11 Å². The Morgan fingerprint density at radius 2 is 1.58 bits per heavy atom. The van der Waals surface area contributed by atoms with Crippen LogP contribution in [0.1, 0.15) is 48.1 Å². The van der Waals surface area contributed by atoms with Gasteiger partial charge in [-0.2, -0.15) is 0 Å². The van der Waals surface area contributed by atoms with Crippen LogP contribution in [0, 0.1) is 6.92 Å². The van der Waals surface area contributed by atoms with Crippen LogP contribution in [0.4, 0.5) is 0 Å². The maximum absolute atomic E-state index is 10.3. The van der Waals surface area contributed by atoms with Gasteiger partial charge in [-0.05, 0) is 29.5 Å². The molecular weight excluding hydrogens is 232 g/mol. The average Bonchev–Trinajstić information content (AvgIpc) is 2.39. The van der Waals surface area contributed by atoms with E-state index in [0.717, 1.165) is 5.56 Å². The molecule has 0 aliphatic rings. The lowest BCUT2D eigenvalue weighted by Crippen LogP contribution is -2.02. The molecule has 0 saturated heterocycles. The minimum Gasteiger partial charge on any atom is -0.388 e. The molecule has 0 spiro atoms. The number of aliphatic hydroxyl groups excluding tert-OH is 1. The molecule has 0 radical (unpaired) electrons. The van der Waals surface area contributed by atoms with Crippen LogP contribution in [0.25, 0.3) is 0 Å². The summed E-state index contributed by atoms with van der Waals surface area (Å²) in [6.07, 6.45) is 0.242. The Labute approximate surface area is 115 Å². The van der Waals surface area contributed by atoms with Crippen LogP contribution in [0.2, 0.25) is 0 Å². The lowest BCUT2D eigenvalue weighted by atomic mass is 9.97. The Balaban J connectivity index is 2.09. The van der Waals surface area contributed by atoms with Gasteiger partial charge < -0.3 is 5.11 Å². The molecule has 2 rings (SSSR count). The van der Waals surface area contributed by atoms with E-state index in [2.05, 4.69) is 51.1 Å². The molecule has 0 bridgehead atoms. The summed E-state index contributed by atoms with van der Waals surface area (Å²) in [7, 11) is 0. The van der Waals surface area contributed by atoms with E-state index < -0.39 is 6.10 Å². The summed E-state index contributed by atoms with van der Waals surface area (Å²) in [4.78, 5) is 0. The quantitative estimate of drug-likeness (QED) is 0.857. The van der Waals surface area contributed by atoms with Gasteiger partial charge in [0.05, 0.1) is 6.10 Å². The number of aliphatic hydroxyl groups is 1. The van der Waals surface area contributed by atoms with Gasteiger partial charge in [-0.15, -0.1) is 0 Å². The van der Waals surface area contributed by atoms with Crippen molar-refractivity contribution in [3.05, 3.63) is 70.8 Å². The first-order valence-corrected chi connectivity index (χ1v) is 6.89. The summed E-state index contributed by atoms with van der Waals surface area (Å²) in [5.41, 5.74) is 4.72. The Bertz CT molecular complexity index is 526. The molecule has 2 aromatic carbocycles. The van der Waals surface area contributed by atoms with Crippen LogP contribution in [-0.2, 0) is 6.42 Å². The number of rotatable bonds is 4. The van der Waals surface area contributed by atoms with Crippen LogP contribution >= 0.6 is 0 Å². The lowest BCUT2D eigenvalue weighted by Gasteiger charge is -2.13. The highest BCUT2D eigenvalue weighted by Gasteiger charge is 2.09. The van der Waals surface area contributed by atoms with Crippen LogP contribution in [0.15, 0.2) is 48.5 Å². The molecule has 1 N–H and O–H groups in total. The van der Waals surface area contributed by atoms with E-state index in [0.29, 0.717) is 12.3 Å². The van der Waals surface area contributed by atoms with Gasteiger partial charge in [-0.3, -0.25) is 0 Å². The zero-order valence-corrected chi connectivity index (χ0v) is 11.9. The SMILES string of the molecule is Cc1cccc(CC(O)c2ccc(C(C)C)cc2)c1. The van der Waals surface area contributed by atoms with E-state index in [1.807, 2.05) is 18.2 Å². The van der Waals surface area contributed by atoms with Crippen molar-refractivity contribution in [3.8, 4) is 0 Å². The molecule has 19 heavy (non-hydrogen) atoms. The normalized spacial score (nSPS) is 12.7. The van der Waals surface area contributed by atoms with Crippen molar-refractivity contribution in [1.29, 1.82) is 0 Å². The molecule has 0 amide bonds. The second-order valence-electron chi connectivity index (χ2n) is 5.53. The number of hydrogen-bond acceptors (Lipinski definition) is 1. The molecule has 0 saturated carbocycles. The maximum Gasteiger partial charge on any atom is 0.0830 e. The van der Waals surface area contributed by atoms with E-state index >= 15 is 0 Å². The minimum atomic E-state index is -0.428. The molecule has 1 unspecified atom stereocenters. The van der Waals surface area contributed by atoms with Crippen molar-refractivity contribution in [2.24, 2.45) is 0 Å². The van der Waals surface area contributed by atoms with Crippen molar-refractivity contribution in [2.45, 2.75) is 39.2 Å². The predicted octanol–water partition coefficient (Wildman–Crippen LogP) is 4.39. The lowest BCUT2D eigenvalue weighted by molar-refractivity contribution is 0.178. The topological polar surface area (TPSA) is 20.2 Å². The predicted molar refractivity (Wildman–Crippen MR) is 80.4 cm³/mol. The van der Waals surface area contributed by atoms with Crippen LogP contribution in [-0.4, -0.2) is 5.11 Å². The van der Waals surface area contributed by atoms with E-state index in [9.17, 15) is 5.11 Å². The molecule has 0 heterocycles. The molecule has 1 atom stereocenters. The van der Waals surface area contributed by atoms with Gasteiger partial charge in [-0.1, -0.05) is 67.9 Å². The Morgan fingerprint density at radius 3 is 2.16 bits per heavy atom. The van der Waals surface area contributed by atoms with Gasteiger partial charge in [0.2, 0.25) is 0 Å². The van der Waals surface area contributed by atoms with Gasteiger partial charge >= 0.3 is 0 Å². The van der Waals surface area contributed by atoms with E-state index in [-0.39, 0.29) is 0 Å². The van der Waals surface area contributed by atoms with Gasteiger partial charge in [0.25, 0.3) is 0 Å². The molecule has 1 nitrogen and oxygen atoms in total. The molecule has 0 aromatic heterocycles. The van der Waals surface area contributed by atoms with Crippen molar-refractivity contribution in [2.75, 3.05) is 0 Å². The molecule has 0 aliphatic carbocycles. The van der Waals surface area contributed by atoms with Crippen LogP contribution < -0.4 is 0 Å². The Kier molecular flexibility index (Phi) is 4.39. The Morgan fingerprint density at radius 1 is 0.947 bits per heavy atom.